The number of rotatable bonds is 7. The maximum Gasteiger partial charge on any atom is 0.231 e. The molecule has 2 aromatic carbocycles. The molecule has 7 heteroatoms. The van der Waals surface area contributed by atoms with Gasteiger partial charge in [-0.1, -0.05) is 18.2 Å². The number of nitrogens with one attached hydrogen (secondary N) is 2. The molecule has 1 saturated carbocycles. The lowest BCUT2D eigenvalue weighted by molar-refractivity contribution is -0.125. The molecule has 1 aliphatic carbocycles. The van der Waals surface area contributed by atoms with Gasteiger partial charge < -0.3 is 24.8 Å². The molecule has 2 N–H and O–H groups in total. The van der Waals surface area contributed by atoms with Crippen molar-refractivity contribution in [2.75, 3.05) is 12.1 Å². The maximum absolute atomic E-state index is 12.6. The molecule has 0 saturated heterocycles. The Hall–Kier alpha value is -3.22. The lowest BCUT2D eigenvalue weighted by Gasteiger charge is -2.14. The number of carbonyl (C=O) groups excluding carboxylic acids is 2. The van der Waals surface area contributed by atoms with Gasteiger partial charge in [-0.2, -0.15) is 0 Å². The zero-order valence-corrected chi connectivity index (χ0v) is 16.4. The Bertz CT molecular complexity index is 927. The van der Waals surface area contributed by atoms with Crippen LogP contribution in [0.2, 0.25) is 0 Å². The summed E-state index contributed by atoms with van der Waals surface area (Å²) in [5.41, 5.74) is 1.54. The van der Waals surface area contributed by atoms with Crippen LogP contribution in [0, 0.1) is 11.8 Å². The highest BCUT2D eigenvalue weighted by atomic mass is 16.7. The third kappa shape index (κ3) is 4.45. The predicted octanol–water partition coefficient (Wildman–Crippen LogP) is 3.09. The topological polar surface area (TPSA) is 85.9 Å². The summed E-state index contributed by atoms with van der Waals surface area (Å²) in [5.74, 6) is 1.12. The van der Waals surface area contributed by atoms with Crippen LogP contribution in [0.3, 0.4) is 0 Å². The van der Waals surface area contributed by atoms with Gasteiger partial charge in [0.25, 0.3) is 0 Å². The van der Waals surface area contributed by atoms with Gasteiger partial charge in [-0.05, 0) is 50.1 Å². The fourth-order valence-electron chi connectivity index (χ4n) is 3.30. The molecule has 4 rings (SSSR count). The van der Waals surface area contributed by atoms with Crippen molar-refractivity contribution in [1.29, 1.82) is 0 Å². The zero-order valence-electron chi connectivity index (χ0n) is 16.4. The number of ether oxygens (including phenoxy) is 3. The van der Waals surface area contributed by atoms with E-state index in [1.54, 1.807) is 6.07 Å². The van der Waals surface area contributed by atoms with Crippen molar-refractivity contribution < 1.29 is 23.8 Å². The summed E-state index contributed by atoms with van der Waals surface area (Å²) in [7, 11) is 0. The summed E-state index contributed by atoms with van der Waals surface area (Å²) in [6.07, 6.45) is 0.551. The minimum Gasteiger partial charge on any atom is -0.489 e. The van der Waals surface area contributed by atoms with Crippen LogP contribution in [0.1, 0.15) is 25.8 Å². The predicted molar refractivity (Wildman–Crippen MR) is 107 cm³/mol. The molecule has 0 spiro atoms. The number of amides is 2. The average Bonchev–Trinajstić information content (AvgIpc) is 3.37. The monoisotopic (exact) mass is 396 g/mol. The second kappa shape index (κ2) is 8.03. The Morgan fingerprint density at radius 1 is 1.07 bits per heavy atom. The first kappa shape index (κ1) is 19.1. The number of hydrogen-bond acceptors (Lipinski definition) is 5. The second-order valence-electron chi connectivity index (χ2n) is 7.51. The molecule has 1 heterocycles. The molecule has 2 aromatic rings. The van der Waals surface area contributed by atoms with E-state index in [-0.39, 0.29) is 36.5 Å². The number of fused-ring (bicyclic) bond motifs is 1. The van der Waals surface area contributed by atoms with Crippen LogP contribution in [0.5, 0.6) is 17.2 Å². The van der Waals surface area contributed by atoms with E-state index in [0.29, 0.717) is 35.9 Å². The Morgan fingerprint density at radius 2 is 1.83 bits per heavy atom. The molecule has 152 valence electrons. The lowest BCUT2D eigenvalue weighted by atomic mass is 10.2. The lowest BCUT2D eigenvalue weighted by Crippen LogP contribution is -2.27. The summed E-state index contributed by atoms with van der Waals surface area (Å²) in [5, 5.41) is 5.79. The standard InChI is InChI=1S/C22H24N2O5/c1-13(2)29-18-6-4-3-5-17(18)24-22(26)16-10-15(16)21(25)23-11-14-7-8-19-20(9-14)28-12-27-19/h3-9,13,15-16H,10-12H2,1-2H3,(H,23,25)(H,24,26). The van der Waals surface area contributed by atoms with E-state index < -0.39 is 0 Å². The first-order valence-electron chi connectivity index (χ1n) is 9.74. The van der Waals surface area contributed by atoms with E-state index in [1.807, 2.05) is 50.2 Å². The SMILES string of the molecule is CC(C)Oc1ccccc1NC(=O)C1CC1C(=O)NCc1ccc2c(c1)OCO2. The van der Waals surface area contributed by atoms with Crippen LogP contribution < -0.4 is 24.8 Å². The third-order valence-corrected chi connectivity index (χ3v) is 4.88. The summed E-state index contributed by atoms with van der Waals surface area (Å²) >= 11 is 0. The number of benzene rings is 2. The van der Waals surface area contributed by atoms with Gasteiger partial charge in [0.15, 0.2) is 11.5 Å². The van der Waals surface area contributed by atoms with Gasteiger partial charge in [0.2, 0.25) is 18.6 Å². The first-order chi connectivity index (χ1) is 14.0. The molecular weight excluding hydrogens is 372 g/mol. The van der Waals surface area contributed by atoms with Crippen molar-refractivity contribution in [2.24, 2.45) is 11.8 Å². The second-order valence-corrected chi connectivity index (χ2v) is 7.51. The molecule has 29 heavy (non-hydrogen) atoms. The van der Waals surface area contributed by atoms with Crippen molar-refractivity contribution >= 4 is 17.5 Å². The van der Waals surface area contributed by atoms with Crippen molar-refractivity contribution in [1.82, 2.24) is 5.32 Å². The van der Waals surface area contributed by atoms with Crippen molar-refractivity contribution in [3.63, 3.8) is 0 Å². The van der Waals surface area contributed by atoms with Crippen molar-refractivity contribution in [3.05, 3.63) is 48.0 Å². The van der Waals surface area contributed by atoms with E-state index in [4.69, 9.17) is 14.2 Å². The molecule has 2 atom stereocenters. The van der Waals surface area contributed by atoms with Crippen LogP contribution in [-0.4, -0.2) is 24.7 Å². The van der Waals surface area contributed by atoms with Gasteiger partial charge in [0.1, 0.15) is 5.75 Å². The minimum atomic E-state index is -0.320. The van der Waals surface area contributed by atoms with Gasteiger partial charge in [-0.25, -0.2) is 0 Å². The number of para-hydroxylation sites is 2. The van der Waals surface area contributed by atoms with Gasteiger partial charge in [-0.15, -0.1) is 0 Å². The minimum absolute atomic E-state index is 0.00341. The van der Waals surface area contributed by atoms with Crippen LogP contribution in [-0.2, 0) is 16.1 Å². The Labute approximate surface area is 169 Å². The molecule has 0 bridgehead atoms. The molecule has 0 radical (unpaired) electrons. The Balaban J connectivity index is 1.29. The van der Waals surface area contributed by atoms with Crippen LogP contribution in [0.4, 0.5) is 5.69 Å². The van der Waals surface area contributed by atoms with Crippen molar-refractivity contribution in [2.45, 2.75) is 32.9 Å². The highest BCUT2D eigenvalue weighted by molar-refractivity contribution is 6.00. The maximum atomic E-state index is 12.6. The molecule has 1 aliphatic heterocycles. The van der Waals surface area contributed by atoms with Crippen molar-refractivity contribution in [3.8, 4) is 17.2 Å². The average molecular weight is 396 g/mol. The van der Waals surface area contributed by atoms with Gasteiger partial charge in [-0.3, -0.25) is 9.59 Å². The highest BCUT2D eigenvalue weighted by Gasteiger charge is 2.48. The van der Waals surface area contributed by atoms with E-state index in [1.165, 1.54) is 0 Å². The molecule has 7 nitrogen and oxygen atoms in total. The largest absolute Gasteiger partial charge is 0.489 e. The smallest absolute Gasteiger partial charge is 0.231 e. The normalized spacial score (nSPS) is 19.0. The summed E-state index contributed by atoms with van der Waals surface area (Å²) in [4.78, 5) is 25.0. The number of hydrogen-bond donors (Lipinski definition) is 2. The quantitative estimate of drug-likeness (QED) is 0.751. The number of carbonyl (C=O) groups is 2. The Morgan fingerprint density at radius 3 is 2.66 bits per heavy atom. The molecule has 2 unspecified atom stereocenters. The van der Waals surface area contributed by atoms with Gasteiger partial charge >= 0.3 is 0 Å². The molecular formula is C22H24N2O5. The third-order valence-electron chi connectivity index (χ3n) is 4.88. The fourth-order valence-corrected chi connectivity index (χ4v) is 3.30. The van der Waals surface area contributed by atoms with E-state index >= 15 is 0 Å². The summed E-state index contributed by atoms with van der Waals surface area (Å²) in [6, 6.07) is 12.9. The fraction of sp³-hybridized carbons (Fsp3) is 0.364. The van der Waals surface area contributed by atoms with E-state index in [9.17, 15) is 9.59 Å². The zero-order chi connectivity index (χ0) is 20.4. The van der Waals surface area contributed by atoms with E-state index in [0.717, 1.165) is 5.56 Å². The number of anilines is 1. The van der Waals surface area contributed by atoms with E-state index in [2.05, 4.69) is 10.6 Å². The first-order valence-corrected chi connectivity index (χ1v) is 9.74. The van der Waals surface area contributed by atoms with Crippen LogP contribution in [0.15, 0.2) is 42.5 Å². The molecule has 1 fully saturated rings. The van der Waals surface area contributed by atoms with Crippen LogP contribution >= 0.6 is 0 Å². The van der Waals surface area contributed by atoms with Gasteiger partial charge in [0, 0.05) is 6.54 Å². The van der Waals surface area contributed by atoms with Crippen LogP contribution in [0.25, 0.3) is 0 Å². The molecule has 0 aromatic heterocycles. The Kier molecular flexibility index (Phi) is 5.29. The molecule has 2 aliphatic rings. The summed E-state index contributed by atoms with van der Waals surface area (Å²) in [6.45, 7) is 4.46. The highest BCUT2D eigenvalue weighted by Crippen LogP contribution is 2.40. The summed E-state index contributed by atoms with van der Waals surface area (Å²) < 4.78 is 16.4. The van der Waals surface area contributed by atoms with Gasteiger partial charge in [0.05, 0.1) is 23.6 Å². The molecule has 2 amide bonds.